The van der Waals surface area contributed by atoms with Gasteiger partial charge in [-0.1, -0.05) is 6.42 Å². The van der Waals surface area contributed by atoms with E-state index >= 15 is 0 Å². The minimum absolute atomic E-state index is 0.315. The molecule has 0 aromatic heterocycles. The lowest BCUT2D eigenvalue weighted by molar-refractivity contribution is 0.207. The summed E-state index contributed by atoms with van der Waals surface area (Å²) in [5.74, 6) is 0. The number of piperidine rings is 1. The summed E-state index contributed by atoms with van der Waals surface area (Å²) in [4.78, 5) is 2.37. The van der Waals surface area contributed by atoms with Crippen molar-refractivity contribution >= 4 is 10.1 Å². The van der Waals surface area contributed by atoms with Crippen LogP contribution < -0.4 is 0 Å². The van der Waals surface area contributed by atoms with Crippen molar-refractivity contribution in [3.05, 3.63) is 0 Å². The van der Waals surface area contributed by atoms with Crippen LogP contribution in [0.15, 0.2) is 0 Å². The van der Waals surface area contributed by atoms with Crippen LogP contribution in [0.5, 0.6) is 0 Å². The third-order valence-electron chi connectivity index (χ3n) is 2.36. The topological polar surface area (TPSA) is 46.6 Å². The second-order valence-electron chi connectivity index (χ2n) is 3.78. The Morgan fingerprint density at radius 1 is 1.21 bits per heavy atom. The van der Waals surface area contributed by atoms with Crippen molar-refractivity contribution in [3.8, 4) is 0 Å². The minimum Gasteiger partial charge on any atom is -0.303 e. The average Bonchev–Trinajstić information content (AvgIpc) is 2.13. The molecule has 1 fully saturated rings. The van der Waals surface area contributed by atoms with Crippen molar-refractivity contribution < 1.29 is 12.6 Å². The Balaban J connectivity index is 2.03. The first kappa shape index (κ1) is 11.9. The van der Waals surface area contributed by atoms with Gasteiger partial charge in [-0.05, 0) is 32.4 Å². The molecule has 1 heterocycles. The zero-order valence-electron chi connectivity index (χ0n) is 8.74. The number of hydrogen-bond donors (Lipinski definition) is 0. The van der Waals surface area contributed by atoms with E-state index in [0.717, 1.165) is 32.3 Å². The minimum atomic E-state index is -3.25. The first-order chi connectivity index (χ1) is 6.58. The van der Waals surface area contributed by atoms with Gasteiger partial charge in [0.25, 0.3) is 10.1 Å². The van der Waals surface area contributed by atoms with E-state index in [0.29, 0.717) is 6.61 Å². The molecule has 0 unspecified atom stereocenters. The first-order valence-corrected chi connectivity index (χ1v) is 6.96. The Hall–Kier alpha value is -0.130. The van der Waals surface area contributed by atoms with Crippen molar-refractivity contribution in [2.75, 3.05) is 32.5 Å². The van der Waals surface area contributed by atoms with Gasteiger partial charge in [-0.25, -0.2) is 0 Å². The summed E-state index contributed by atoms with van der Waals surface area (Å²) in [7, 11) is -3.25. The highest BCUT2D eigenvalue weighted by Gasteiger charge is 2.09. The Morgan fingerprint density at radius 3 is 2.43 bits per heavy atom. The summed E-state index contributed by atoms with van der Waals surface area (Å²) < 4.78 is 26.0. The summed E-state index contributed by atoms with van der Waals surface area (Å²) in [6.45, 7) is 3.57. The predicted octanol–water partition coefficient (Wildman–Crippen LogP) is 0.839. The van der Waals surface area contributed by atoms with E-state index in [1.165, 1.54) is 19.3 Å². The molecule has 1 aliphatic rings. The quantitative estimate of drug-likeness (QED) is 0.510. The van der Waals surface area contributed by atoms with Crippen molar-refractivity contribution in [3.63, 3.8) is 0 Å². The molecule has 0 aromatic carbocycles. The normalized spacial score (nSPS) is 19.8. The lowest BCUT2D eigenvalue weighted by atomic mass is 10.1. The van der Waals surface area contributed by atoms with Gasteiger partial charge in [-0.15, -0.1) is 0 Å². The fourth-order valence-electron chi connectivity index (χ4n) is 1.68. The van der Waals surface area contributed by atoms with Crippen LogP contribution in [-0.4, -0.2) is 45.8 Å². The lowest BCUT2D eigenvalue weighted by Gasteiger charge is -2.26. The largest absolute Gasteiger partial charge is 0.303 e. The Labute approximate surface area is 86.4 Å². The number of rotatable bonds is 5. The van der Waals surface area contributed by atoms with E-state index in [1.807, 2.05) is 0 Å². The van der Waals surface area contributed by atoms with Gasteiger partial charge >= 0.3 is 0 Å². The highest BCUT2D eigenvalue weighted by Crippen LogP contribution is 2.08. The van der Waals surface area contributed by atoms with E-state index in [4.69, 9.17) is 0 Å². The lowest BCUT2D eigenvalue weighted by Crippen LogP contribution is -2.31. The maximum absolute atomic E-state index is 10.6. The van der Waals surface area contributed by atoms with E-state index in [2.05, 4.69) is 9.08 Å². The summed E-state index contributed by atoms with van der Waals surface area (Å²) in [5.41, 5.74) is 0. The fraction of sp³-hybridized carbons (Fsp3) is 1.00. The highest BCUT2D eigenvalue weighted by atomic mass is 32.2. The molecule has 0 aromatic rings. The van der Waals surface area contributed by atoms with Gasteiger partial charge in [0, 0.05) is 6.54 Å². The molecule has 1 rings (SSSR count). The van der Waals surface area contributed by atoms with Crippen LogP contribution in [0.3, 0.4) is 0 Å². The van der Waals surface area contributed by atoms with Gasteiger partial charge in [0.2, 0.25) is 0 Å². The summed E-state index contributed by atoms with van der Waals surface area (Å²) in [6.07, 6.45) is 5.76. The fourth-order valence-corrected chi connectivity index (χ4v) is 2.10. The second-order valence-corrected chi connectivity index (χ2v) is 5.43. The molecule has 0 atom stereocenters. The molecule has 5 heteroatoms. The molecule has 84 valence electrons. The summed E-state index contributed by atoms with van der Waals surface area (Å²) >= 11 is 0. The standard InChI is InChI=1S/C9H19NO3S/c1-14(11,12)13-9-5-8-10-6-3-2-4-7-10/h2-9H2,1H3. The van der Waals surface area contributed by atoms with Gasteiger partial charge in [-0.3, -0.25) is 4.18 Å². The summed E-state index contributed by atoms with van der Waals surface area (Å²) in [6, 6.07) is 0. The third-order valence-corrected chi connectivity index (χ3v) is 2.96. The van der Waals surface area contributed by atoms with Crippen LogP contribution in [0, 0.1) is 0 Å². The van der Waals surface area contributed by atoms with Crippen LogP contribution in [-0.2, 0) is 14.3 Å². The Kier molecular flexibility index (Phi) is 4.84. The van der Waals surface area contributed by atoms with Gasteiger partial charge in [0.05, 0.1) is 12.9 Å². The number of nitrogens with zero attached hydrogens (tertiary/aromatic N) is 1. The van der Waals surface area contributed by atoms with E-state index in [9.17, 15) is 8.42 Å². The van der Waals surface area contributed by atoms with Gasteiger partial charge in [-0.2, -0.15) is 8.42 Å². The maximum Gasteiger partial charge on any atom is 0.264 e. The maximum atomic E-state index is 10.6. The van der Waals surface area contributed by atoms with Crippen molar-refractivity contribution in [1.29, 1.82) is 0 Å². The van der Waals surface area contributed by atoms with Crippen LogP contribution in [0.4, 0.5) is 0 Å². The molecule has 0 spiro atoms. The zero-order chi connectivity index (χ0) is 10.4. The summed E-state index contributed by atoms with van der Waals surface area (Å²) in [5, 5.41) is 0. The number of likely N-dealkylation sites (tertiary alicyclic amines) is 1. The molecule has 0 N–H and O–H groups in total. The van der Waals surface area contributed by atoms with E-state index in [1.54, 1.807) is 0 Å². The molecular formula is C9H19NO3S. The molecule has 0 amide bonds. The molecule has 1 aliphatic heterocycles. The Morgan fingerprint density at radius 2 is 1.86 bits per heavy atom. The SMILES string of the molecule is CS(=O)(=O)OCCCN1CCCCC1. The third kappa shape index (κ3) is 5.57. The van der Waals surface area contributed by atoms with Crippen LogP contribution >= 0.6 is 0 Å². The molecule has 0 bridgehead atoms. The second kappa shape index (κ2) is 5.68. The zero-order valence-corrected chi connectivity index (χ0v) is 9.55. The molecule has 0 aliphatic carbocycles. The molecule has 0 radical (unpaired) electrons. The monoisotopic (exact) mass is 221 g/mol. The van der Waals surface area contributed by atoms with E-state index in [-0.39, 0.29) is 0 Å². The molecule has 4 nitrogen and oxygen atoms in total. The highest BCUT2D eigenvalue weighted by molar-refractivity contribution is 7.85. The van der Waals surface area contributed by atoms with Gasteiger partial charge < -0.3 is 4.90 Å². The van der Waals surface area contributed by atoms with Crippen LogP contribution in [0.2, 0.25) is 0 Å². The Bertz CT molecular complexity index is 245. The smallest absolute Gasteiger partial charge is 0.264 e. The van der Waals surface area contributed by atoms with Crippen LogP contribution in [0.1, 0.15) is 25.7 Å². The molecule has 14 heavy (non-hydrogen) atoms. The first-order valence-electron chi connectivity index (χ1n) is 5.15. The molecule has 1 saturated heterocycles. The van der Waals surface area contributed by atoms with Gasteiger partial charge in [0.15, 0.2) is 0 Å². The molecule has 0 saturated carbocycles. The van der Waals surface area contributed by atoms with Crippen molar-refractivity contribution in [2.45, 2.75) is 25.7 Å². The van der Waals surface area contributed by atoms with Crippen molar-refractivity contribution in [1.82, 2.24) is 4.90 Å². The average molecular weight is 221 g/mol. The van der Waals surface area contributed by atoms with E-state index < -0.39 is 10.1 Å². The number of hydrogen-bond acceptors (Lipinski definition) is 4. The van der Waals surface area contributed by atoms with Gasteiger partial charge in [0.1, 0.15) is 0 Å². The van der Waals surface area contributed by atoms with Crippen molar-refractivity contribution in [2.24, 2.45) is 0 Å². The predicted molar refractivity (Wildman–Crippen MR) is 55.7 cm³/mol. The molecular weight excluding hydrogens is 202 g/mol. The van der Waals surface area contributed by atoms with Crippen LogP contribution in [0.25, 0.3) is 0 Å².